The van der Waals surface area contributed by atoms with Gasteiger partial charge in [0, 0.05) is 51.2 Å². The van der Waals surface area contributed by atoms with Gasteiger partial charge in [0.2, 0.25) is 0 Å². The van der Waals surface area contributed by atoms with Crippen LogP contribution in [0, 0.1) is 12.7 Å². The summed E-state index contributed by atoms with van der Waals surface area (Å²) in [7, 11) is 0. The van der Waals surface area contributed by atoms with E-state index < -0.39 is 0 Å². The lowest BCUT2D eigenvalue weighted by molar-refractivity contribution is 0.0775. The molecule has 3 aliphatic heterocycles. The molecular weight excluding hydrogens is 467 g/mol. The summed E-state index contributed by atoms with van der Waals surface area (Å²) >= 11 is 0. The van der Waals surface area contributed by atoms with Crippen molar-refractivity contribution in [2.45, 2.75) is 32.2 Å². The van der Waals surface area contributed by atoms with Crippen LogP contribution in [-0.4, -0.2) is 73.8 Å². The fourth-order valence-electron chi connectivity index (χ4n) is 5.74. The number of fused-ring (bicyclic) bond motifs is 3. The number of aliphatic imine (C=N–C) groups is 1. The Morgan fingerprint density at radius 3 is 2.59 bits per heavy atom. The van der Waals surface area contributed by atoms with E-state index in [1.54, 1.807) is 0 Å². The van der Waals surface area contributed by atoms with E-state index in [1.807, 2.05) is 35.4 Å². The fraction of sp³-hybridized carbons (Fsp3) is 0.400. The third-order valence-electron chi connectivity index (χ3n) is 7.87. The zero-order valence-corrected chi connectivity index (χ0v) is 21.3. The summed E-state index contributed by atoms with van der Waals surface area (Å²) in [5, 5.41) is 2.09. The zero-order valence-electron chi connectivity index (χ0n) is 21.3. The second-order valence-corrected chi connectivity index (χ2v) is 10.3. The number of halogens is 1. The monoisotopic (exact) mass is 500 g/mol. The molecule has 0 spiro atoms. The van der Waals surface area contributed by atoms with E-state index in [-0.39, 0.29) is 17.8 Å². The van der Waals surface area contributed by atoms with E-state index in [0.29, 0.717) is 12.2 Å². The number of nitrogens with zero attached hydrogens (tertiary/aromatic N) is 4. The van der Waals surface area contributed by atoms with Crippen LogP contribution in [0.1, 0.15) is 35.2 Å². The molecule has 1 amide bonds. The van der Waals surface area contributed by atoms with Gasteiger partial charge in [0.05, 0.1) is 23.9 Å². The molecule has 3 aromatic carbocycles. The molecule has 3 aliphatic rings. The number of benzene rings is 3. The van der Waals surface area contributed by atoms with E-state index in [1.165, 1.54) is 12.1 Å². The van der Waals surface area contributed by atoms with Gasteiger partial charge in [-0.3, -0.25) is 14.7 Å². The van der Waals surface area contributed by atoms with Gasteiger partial charge >= 0.3 is 0 Å². The third-order valence-corrected chi connectivity index (χ3v) is 7.87. The van der Waals surface area contributed by atoms with Gasteiger partial charge in [-0.15, -0.1) is 0 Å². The lowest BCUT2D eigenvalue weighted by Gasteiger charge is -2.36. The molecule has 0 aliphatic carbocycles. The Labute approximate surface area is 217 Å². The van der Waals surface area contributed by atoms with Crippen LogP contribution in [0.3, 0.4) is 0 Å². The Hall–Kier alpha value is -3.45. The highest BCUT2D eigenvalue weighted by molar-refractivity contribution is 6.06. The number of carbonyl (C=O) groups is 1. The normalized spacial score (nSPS) is 19.7. The molecule has 0 saturated carbocycles. The predicted octanol–water partition coefficient (Wildman–Crippen LogP) is 5.20. The van der Waals surface area contributed by atoms with Crippen molar-refractivity contribution in [2.24, 2.45) is 4.99 Å². The largest absolute Gasteiger partial charge is 0.493 e. The molecule has 192 valence electrons. The molecule has 6 rings (SSSR count). The molecule has 3 heterocycles. The Morgan fingerprint density at radius 1 is 1.00 bits per heavy atom. The van der Waals surface area contributed by atoms with Crippen LogP contribution < -0.4 is 9.64 Å². The highest BCUT2D eigenvalue weighted by Gasteiger charge is 2.31. The molecule has 7 heteroatoms. The molecule has 2 fully saturated rings. The molecule has 0 radical (unpaired) electrons. The van der Waals surface area contributed by atoms with Crippen molar-refractivity contribution in [3.63, 3.8) is 0 Å². The van der Waals surface area contributed by atoms with Gasteiger partial charge in [-0.05, 0) is 91.1 Å². The first-order valence-corrected chi connectivity index (χ1v) is 13.3. The zero-order chi connectivity index (χ0) is 25.4. The summed E-state index contributed by atoms with van der Waals surface area (Å²) < 4.78 is 19.4. The lowest BCUT2D eigenvalue weighted by atomic mass is 10.0. The summed E-state index contributed by atoms with van der Waals surface area (Å²) in [4.78, 5) is 24.5. The maximum atomic E-state index is 13.2. The average Bonchev–Trinajstić information content (AvgIpc) is 3.34. The number of amides is 1. The SMILES string of the molecule is Cc1cc2cc3c(cc2cc1OCCCN1CCN(c2ccc(F)cc2)CC1)N=C[C@@H]1CCCN1C3=O. The Morgan fingerprint density at radius 2 is 1.78 bits per heavy atom. The van der Waals surface area contributed by atoms with Gasteiger partial charge in [-0.1, -0.05) is 0 Å². The van der Waals surface area contributed by atoms with Crippen LogP contribution >= 0.6 is 0 Å². The first kappa shape index (κ1) is 23.9. The Balaban J connectivity index is 1.05. The fourth-order valence-corrected chi connectivity index (χ4v) is 5.74. The van der Waals surface area contributed by atoms with Crippen LogP contribution in [0.25, 0.3) is 10.8 Å². The molecule has 3 aromatic rings. The molecule has 2 saturated heterocycles. The molecule has 6 nitrogen and oxygen atoms in total. The van der Waals surface area contributed by atoms with Crippen LogP contribution in [0.5, 0.6) is 5.75 Å². The standard InChI is InChI=1S/C30H33FN4O2/c1-21-16-22-17-27-28(32-20-26-4-2-10-35(26)30(27)36)18-23(22)19-29(21)37-15-3-9-33-11-13-34(14-12-33)25-7-5-24(31)6-8-25/h5-8,16-20,26H,2-4,9-15H2,1H3/t26-/m0/s1. The molecule has 0 aromatic heterocycles. The number of ether oxygens (including phenoxy) is 1. The van der Waals surface area contributed by atoms with Gasteiger partial charge in [-0.25, -0.2) is 4.39 Å². The van der Waals surface area contributed by atoms with Crippen LogP contribution in [0.15, 0.2) is 53.5 Å². The van der Waals surface area contributed by atoms with Crippen molar-refractivity contribution >= 4 is 34.3 Å². The molecular formula is C30H33FN4O2. The molecule has 37 heavy (non-hydrogen) atoms. The van der Waals surface area contributed by atoms with Gasteiger partial charge in [-0.2, -0.15) is 0 Å². The Bertz CT molecular complexity index is 1330. The van der Waals surface area contributed by atoms with E-state index in [9.17, 15) is 9.18 Å². The second-order valence-electron chi connectivity index (χ2n) is 10.3. The van der Waals surface area contributed by atoms with Crippen molar-refractivity contribution in [1.82, 2.24) is 9.80 Å². The number of rotatable bonds is 6. The summed E-state index contributed by atoms with van der Waals surface area (Å²) in [5.74, 6) is 0.786. The van der Waals surface area contributed by atoms with Crippen molar-refractivity contribution in [3.05, 3.63) is 65.5 Å². The van der Waals surface area contributed by atoms with Crippen molar-refractivity contribution in [1.29, 1.82) is 0 Å². The van der Waals surface area contributed by atoms with Crippen LogP contribution in [0.2, 0.25) is 0 Å². The van der Waals surface area contributed by atoms with Crippen LogP contribution in [-0.2, 0) is 0 Å². The van der Waals surface area contributed by atoms with Crippen molar-refractivity contribution in [2.75, 3.05) is 50.8 Å². The number of piperazine rings is 1. The predicted molar refractivity (Wildman–Crippen MR) is 146 cm³/mol. The summed E-state index contributed by atoms with van der Waals surface area (Å²) in [6.07, 6.45) is 4.92. The smallest absolute Gasteiger partial charge is 0.256 e. The molecule has 0 unspecified atom stereocenters. The first-order valence-electron chi connectivity index (χ1n) is 13.3. The van der Waals surface area contributed by atoms with Gasteiger partial charge in [0.1, 0.15) is 11.6 Å². The first-order chi connectivity index (χ1) is 18.0. The maximum Gasteiger partial charge on any atom is 0.256 e. The molecule has 0 bridgehead atoms. The number of aryl methyl sites for hydroxylation is 1. The summed E-state index contributed by atoms with van der Waals surface area (Å²) in [5.41, 5.74) is 3.61. The topological polar surface area (TPSA) is 48.4 Å². The number of anilines is 1. The number of carbonyl (C=O) groups excluding carboxylic acids is 1. The van der Waals surface area contributed by atoms with Gasteiger partial charge < -0.3 is 14.5 Å². The van der Waals surface area contributed by atoms with Crippen LogP contribution in [0.4, 0.5) is 15.8 Å². The second kappa shape index (κ2) is 10.1. The quantitative estimate of drug-likeness (QED) is 0.437. The highest BCUT2D eigenvalue weighted by Crippen LogP contribution is 2.34. The number of hydrogen-bond donors (Lipinski definition) is 0. The molecule has 0 N–H and O–H groups in total. The minimum atomic E-state index is -0.192. The maximum absolute atomic E-state index is 13.2. The summed E-state index contributed by atoms with van der Waals surface area (Å²) in [6, 6.07) is 15.1. The minimum absolute atomic E-state index is 0.0911. The van der Waals surface area contributed by atoms with E-state index >= 15 is 0 Å². The van der Waals surface area contributed by atoms with E-state index in [0.717, 1.165) is 92.0 Å². The average molecular weight is 501 g/mol. The summed E-state index contributed by atoms with van der Waals surface area (Å²) in [6.45, 7) is 8.40. The van der Waals surface area contributed by atoms with Gasteiger partial charge in [0.25, 0.3) is 5.91 Å². The lowest BCUT2D eigenvalue weighted by Crippen LogP contribution is -2.46. The molecule has 1 atom stereocenters. The van der Waals surface area contributed by atoms with Crippen molar-refractivity contribution < 1.29 is 13.9 Å². The highest BCUT2D eigenvalue weighted by atomic mass is 19.1. The van der Waals surface area contributed by atoms with Crippen molar-refractivity contribution in [3.8, 4) is 5.75 Å². The van der Waals surface area contributed by atoms with Gasteiger partial charge in [0.15, 0.2) is 0 Å². The van der Waals surface area contributed by atoms with E-state index in [4.69, 9.17) is 4.74 Å². The minimum Gasteiger partial charge on any atom is -0.493 e. The Kier molecular flexibility index (Phi) is 6.55. The number of hydrogen-bond acceptors (Lipinski definition) is 5. The third kappa shape index (κ3) is 4.92. The van der Waals surface area contributed by atoms with E-state index in [2.05, 4.69) is 33.8 Å².